The van der Waals surface area contributed by atoms with Gasteiger partial charge in [0.05, 0.1) is 4.92 Å². The molecule has 5 nitrogen and oxygen atoms in total. The van der Waals surface area contributed by atoms with Crippen molar-refractivity contribution >= 4 is 11.4 Å². The lowest BCUT2D eigenvalue weighted by Crippen LogP contribution is -2.32. The Labute approximate surface area is 108 Å². The third-order valence-electron chi connectivity index (χ3n) is 3.19. The van der Waals surface area contributed by atoms with E-state index >= 15 is 0 Å². The Balaban J connectivity index is 2.44. The monoisotopic (exact) mass is 251 g/mol. The summed E-state index contributed by atoms with van der Waals surface area (Å²) in [4.78, 5) is 12.5. The van der Waals surface area contributed by atoms with E-state index in [9.17, 15) is 10.1 Å². The number of anilines is 1. The number of hydrogen-bond donors (Lipinski definition) is 1. The Morgan fingerprint density at radius 3 is 2.83 bits per heavy atom. The summed E-state index contributed by atoms with van der Waals surface area (Å²) >= 11 is 0. The number of hydrogen-bond acceptors (Lipinski definition) is 4. The van der Waals surface area contributed by atoms with Crippen LogP contribution in [0.5, 0.6) is 0 Å². The highest BCUT2D eigenvalue weighted by atomic mass is 16.6. The summed E-state index contributed by atoms with van der Waals surface area (Å²) in [6.07, 6.45) is 1.12. The quantitative estimate of drug-likeness (QED) is 0.598. The second-order valence-electron chi connectivity index (χ2n) is 4.47. The molecule has 0 fully saturated rings. The molecule has 1 aromatic carbocycles. The van der Waals surface area contributed by atoms with E-state index in [4.69, 9.17) is 0 Å². The number of benzene rings is 1. The first-order valence-corrected chi connectivity index (χ1v) is 6.23. The van der Waals surface area contributed by atoms with E-state index in [-0.39, 0.29) is 10.6 Å². The summed E-state index contributed by atoms with van der Waals surface area (Å²) in [5.74, 6) is 0. The van der Waals surface area contributed by atoms with E-state index in [0.29, 0.717) is 6.04 Å². The SMILES string of the molecule is CCC(C)N(C)CCNc1cccc([N+](=O)[O-])c1. The highest BCUT2D eigenvalue weighted by Crippen LogP contribution is 2.16. The van der Waals surface area contributed by atoms with Gasteiger partial charge in [0, 0.05) is 37.0 Å². The van der Waals surface area contributed by atoms with Crippen LogP contribution in [0, 0.1) is 10.1 Å². The Bertz CT molecular complexity index is 396. The van der Waals surface area contributed by atoms with Crippen molar-refractivity contribution < 1.29 is 4.92 Å². The first-order valence-electron chi connectivity index (χ1n) is 6.23. The fourth-order valence-corrected chi connectivity index (χ4v) is 1.64. The third kappa shape index (κ3) is 4.33. The lowest BCUT2D eigenvalue weighted by Gasteiger charge is -2.23. The Hall–Kier alpha value is -1.62. The van der Waals surface area contributed by atoms with Crippen LogP contribution in [0.2, 0.25) is 0 Å². The summed E-state index contributed by atoms with van der Waals surface area (Å²) in [5.41, 5.74) is 0.914. The Morgan fingerprint density at radius 2 is 2.22 bits per heavy atom. The largest absolute Gasteiger partial charge is 0.384 e. The van der Waals surface area contributed by atoms with Crippen molar-refractivity contribution in [2.75, 3.05) is 25.5 Å². The number of nitro groups is 1. The van der Waals surface area contributed by atoms with Crippen LogP contribution >= 0.6 is 0 Å². The van der Waals surface area contributed by atoms with Gasteiger partial charge in [0.15, 0.2) is 0 Å². The predicted molar refractivity (Wildman–Crippen MR) is 74.0 cm³/mol. The molecule has 0 spiro atoms. The summed E-state index contributed by atoms with van der Waals surface area (Å²) in [5, 5.41) is 13.8. The molecule has 1 N–H and O–H groups in total. The van der Waals surface area contributed by atoms with Gasteiger partial charge in [0.25, 0.3) is 5.69 Å². The van der Waals surface area contributed by atoms with E-state index in [1.165, 1.54) is 6.07 Å². The molecule has 0 radical (unpaired) electrons. The van der Waals surface area contributed by atoms with Crippen LogP contribution in [-0.4, -0.2) is 36.0 Å². The lowest BCUT2D eigenvalue weighted by atomic mass is 10.2. The van der Waals surface area contributed by atoms with Crippen molar-refractivity contribution in [1.82, 2.24) is 4.90 Å². The molecule has 0 bridgehead atoms. The number of rotatable bonds is 7. The smallest absolute Gasteiger partial charge is 0.271 e. The zero-order valence-corrected chi connectivity index (χ0v) is 11.2. The minimum Gasteiger partial charge on any atom is -0.384 e. The zero-order chi connectivity index (χ0) is 13.5. The minimum atomic E-state index is -0.379. The van der Waals surface area contributed by atoms with Crippen LogP contribution in [0.1, 0.15) is 20.3 Å². The van der Waals surface area contributed by atoms with Gasteiger partial charge in [-0.1, -0.05) is 13.0 Å². The van der Waals surface area contributed by atoms with Crippen molar-refractivity contribution in [3.05, 3.63) is 34.4 Å². The molecule has 0 aromatic heterocycles. The van der Waals surface area contributed by atoms with Crippen LogP contribution in [0.4, 0.5) is 11.4 Å². The standard InChI is InChI=1S/C13H21N3O2/c1-4-11(2)15(3)9-8-14-12-6-5-7-13(10-12)16(17)18/h5-7,10-11,14H,4,8-9H2,1-3H3. The first kappa shape index (κ1) is 14.4. The molecule has 1 unspecified atom stereocenters. The summed E-state index contributed by atoms with van der Waals surface area (Å²) in [6.45, 7) is 6.04. The van der Waals surface area contributed by atoms with Gasteiger partial charge in [-0.25, -0.2) is 0 Å². The van der Waals surface area contributed by atoms with Gasteiger partial charge in [-0.15, -0.1) is 0 Å². The van der Waals surface area contributed by atoms with Crippen LogP contribution < -0.4 is 5.32 Å². The molecule has 0 saturated heterocycles. The number of nitro benzene ring substituents is 1. The highest BCUT2D eigenvalue weighted by Gasteiger charge is 2.07. The molecular weight excluding hydrogens is 230 g/mol. The molecule has 0 saturated carbocycles. The van der Waals surface area contributed by atoms with Crippen molar-refractivity contribution in [3.8, 4) is 0 Å². The van der Waals surface area contributed by atoms with Gasteiger partial charge < -0.3 is 10.2 Å². The van der Waals surface area contributed by atoms with Gasteiger partial charge in [-0.2, -0.15) is 0 Å². The van der Waals surface area contributed by atoms with Gasteiger partial charge in [-0.3, -0.25) is 10.1 Å². The van der Waals surface area contributed by atoms with Crippen molar-refractivity contribution in [3.63, 3.8) is 0 Å². The molecular formula is C13H21N3O2. The van der Waals surface area contributed by atoms with Gasteiger partial charge in [0.2, 0.25) is 0 Å². The molecule has 0 aliphatic rings. The third-order valence-corrected chi connectivity index (χ3v) is 3.19. The van der Waals surface area contributed by atoms with E-state index < -0.39 is 0 Å². The first-order chi connectivity index (χ1) is 8.54. The topological polar surface area (TPSA) is 58.4 Å². The van der Waals surface area contributed by atoms with Crippen molar-refractivity contribution in [2.24, 2.45) is 0 Å². The number of nitrogens with zero attached hydrogens (tertiary/aromatic N) is 2. The lowest BCUT2D eigenvalue weighted by molar-refractivity contribution is -0.384. The van der Waals surface area contributed by atoms with E-state index in [1.54, 1.807) is 12.1 Å². The van der Waals surface area contributed by atoms with Gasteiger partial charge >= 0.3 is 0 Å². The molecule has 0 aliphatic heterocycles. The van der Waals surface area contributed by atoms with Gasteiger partial charge in [0.1, 0.15) is 0 Å². The Morgan fingerprint density at radius 1 is 1.50 bits per heavy atom. The Kier molecular flexibility index (Phi) is 5.58. The highest BCUT2D eigenvalue weighted by molar-refractivity contribution is 5.50. The van der Waals surface area contributed by atoms with Crippen LogP contribution in [-0.2, 0) is 0 Å². The predicted octanol–water partition coefficient (Wildman–Crippen LogP) is 2.74. The normalized spacial score (nSPS) is 12.4. The average Bonchev–Trinajstić information content (AvgIpc) is 2.38. The maximum absolute atomic E-state index is 10.6. The molecule has 0 amide bonds. The average molecular weight is 251 g/mol. The van der Waals surface area contributed by atoms with E-state index in [0.717, 1.165) is 25.2 Å². The number of non-ortho nitro benzene ring substituents is 1. The molecule has 0 aliphatic carbocycles. The molecule has 1 atom stereocenters. The van der Waals surface area contributed by atoms with Crippen LogP contribution in [0.15, 0.2) is 24.3 Å². The number of likely N-dealkylation sites (N-methyl/N-ethyl adjacent to an activating group) is 1. The molecule has 100 valence electrons. The maximum Gasteiger partial charge on any atom is 0.271 e. The van der Waals surface area contributed by atoms with Gasteiger partial charge in [-0.05, 0) is 26.5 Å². The number of nitrogens with one attached hydrogen (secondary N) is 1. The van der Waals surface area contributed by atoms with E-state index in [2.05, 4.69) is 31.1 Å². The fraction of sp³-hybridized carbons (Fsp3) is 0.538. The molecule has 18 heavy (non-hydrogen) atoms. The minimum absolute atomic E-state index is 0.121. The molecule has 1 aromatic rings. The van der Waals surface area contributed by atoms with Crippen LogP contribution in [0.3, 0.4) is 0 Å². The second-order valence-corrected chi connectivity index (χ2v) is 4.47. The molecule has 0 heterocycles. The second kappa shape index (κ2) is 6.96. The molecule has 5 heteroatoms. The van der Waals surface area contributed by atoms with Crippen molar-refractivity contribution in [2.45, 2.75) is 26.3 Å². The summed E-state index contributed by atoms with van der Waals surface area (Å²) < 4.78 is 0. The van der Waals surface area contributed by atoms with E-state index in [1.807, 2.05) is 6.07 Å². The summed E-state index contributed by atoms with van der Waals surface area (Å²) in [7, 11) is 2.09. The maximum atomic E-state index is 10.6. The summed E-state index contributed by atoms with van der Waals surface area (Å²) in [6, 6.07) is 7.14. The molecule has 1 rings (SSSR count). The zero-order valence-electron chi connectivity index (χ0n) is 11.2. The van der Waals surface area contributed by atoms with Crippen molar-refractivity contribution in [1.29, 1.82) is 0 Å². The van der Waals surface area contributed by atoms with Crippen LogP contribution in [0.25, 0.3) is 0 Å². The fourth-order valence-electron chi connectivity index (χ4n) is 1.64.